The van der Waals surface area contributed by atoms with Gasteiger partial charge in [-0.25, -0.2) is 9.78 Å². The van der Waals surface area contributed by atoms with Gasteiger partial charge in [-0.05, 0) is 26.7 Å². The molecular weight excluding hydrogens is 264 g/mol. The number of rotatable bonds is 2. The highest BCUT2D eigenvalue weighted by Crippen LogP contribution is 2.24. The highest BCUT2D eigenvalue weighted by atomic mass is 32.1. The number of nitrogens with zero attached hydrogens (tertiary/aromatic N) is 2. The zero-order valence-corrected chi connectivity index (χ0v) is 12.0. The number of aromatic nitrogens is 1. The minimum Gasteiger partial charge on any atom is -0.480 e. The molecule has 2 heterocycles. The first-order valence-corrected chi connectivity index (χ1v) is 7.30. The second kappa shape index (κ2) is 5.69. The van der Waals surface area contributed by atoms with E-state index in [4.69, 9.17) is 0 Å². The Morgan fingerprint density at radius 1 is 1.32 bits per heavy atom. The quantitative estimate of drug-likeness (QED) is 0.903. The van der Waals surface area contributed by atoms with Crippen molar-refractivity contribution in [3.05, 3.63) is 15.6 Å². The highest BCUT2D eigenvalue weighted by Gasteiger charge is 2.32. The van der Waals surface area contributed by atoms with Gasteiger partial charge in [-0.2, -0.15) is 0 Å². The van der Waals surface area contributed by atoms with E-state index >= 15 is 0 Å². The average molecular weight is 282 g/mol. The summed E-state index contributed by atoms with van der Waals surface area (Å²) in [6.07, 6.45) is 3.25. The number of carbonyl (C=O) groups is 2. The Balaban J connectivity index is 2.28. The summed E-state index contributed by atoms with van der Waals surface area (Å²) in [5.74, 6) is -1.09. The van der Waals surface area contributed by atoms with E-state index in [0.717, 1.165) is 24.3 Å². The molecule has 1 amide bonds. The Labute approximate surface area is 116 Å². The number of aliphatic carboxylic acids is 1. The molecule has 0 aromatic carbocycles. The summed E-state index contributed by atoms with van der Waals surface area (Å²) in [6.45, 7) is 4.17. The van der Waals surface area contributed by atoms with Crippen molar-refractivity contribution in [1.82, 2.24) is 9.88 Å². The summed E-state index contributed by atoms with van der Waals surface area (Å²) in [4.78, 5) is 30.2. The van der Waals surface area contributed by atoms with Crippen LogP contribution in [-0.4, -0.2) is 39.5 Å². The molecule has 1 aliphatic heterocycles. The van der Waals surface area contributed by atoms with Crippen LogP contribution in [0, 0.1) is 13.8 Å². The first-order valence-electron chi connectivity index (χ1n) is 6.48. The van der Waals surface area contributed by atoms with Gasteiger partial charge in [-0.1, -0.05) is 12.8 Å². The van der Waals surface area contributed by atoms with Gasteiger partial charge in [0, 0.05) is 6.54 Å². The van der Waals surface area contributed by atoms with Crippen LogP contribution in [0.3, 0.4) is 0 Å². The van der Waals surface area contributed by atoms with Crippen LogP contribution in [-0.2, 0) is 4.79 Å². The fourth-order valence-corrected chi connectivity index (χ4v) is 3.34. The lowest BCUT2D eigenvalue weighted by Gasteiger charge is -2.26. The fourth-order valence-electron chi connectivity index (χ4n) is 2.47. The molecule has 6 heteroatoms. The van der Waals surface area contributed by atoms with Crippen molar-refractivity contribution in [2.75, 3.05) is 6.54 Å². The molecule has 1 atom stereocenters. The molecule has 1 unspecified atom stereocenters. The van der Waals surface area contributed by atoms with Gasteiger partial charge in [0.2, 0.25) is 0 Å². The number of likely N-dealkylation sites (tertiary alicyclic amines) is 1. The van der Waals surface area contributed by atoms with Gasteiger partial charge < -0.3 is 10.0 Å². The van der Waals surface area contributed by atoms with Crippen LogP contribution in [0.4, 0.5) is 0 Å². The average Bonchev–Trinajstić information content (AvgIpc) is 2.57. The number of carboxylic acids is 1. The highest BCUT2D eigenvalue weighted by molar-refractivity contribution is 7.13. The first-order chi connectivity index (χ1) is 9.00. The number of hydrogen-bond acceptors (Lipinski definition) is 4. The molecule has 0 spiro atoms. The predicted octanol–water partition coefficient (Wildman–Crippen LogP) is 2.23. The molecular formula is C13H18N2O3S. The van der Waals surface area contributed by atoms with Crippen LogP contribution in [0.15, 0.2) is 0 Å². The van der Waals surface area contributed by atoms with Crippen LogP contribution < -0.4 is 0 Å². The van der Waals surface area contributed by atoms with Gasteiger partial charge >= 0.3 is 5.97 Å². The largest absolute Gasteiger partial charge is 0.480 e. The summed E-state index contributed by atoms with van der Waals surface area (Å²) in [7, 11) is 0. The summed E-state index contributed by atoms with van der Waals surface area (Å²) in [6, 6.07) is -0.697. The van der Waals surface area contributed by atoms with E-state index in [1.165, 1.54) is 16.2 Å². The SMILES string of the molecule is Cc1nc(C)c(C(=O)N2CCCCCC2C(=O)O)s1. The van der Waals surface area contributed by atoms with E-state index in [1.54, 1.807) is 6.92 Å². The molecule has 1 aromatic heterocycles. The van der Waals surface area contributed by atoms with Crippen LogP contribution in [0.1, 0.15) is 46.1 Å². The predicted molar refractivity (Wildman–Crippen MR) is 72.5 cm³/mol. The molecule has 1 fully saturated rings. The van der Waals surface area contributed by atoms with Gasteiger partial charge in [0.05, 0.1) is 10.7 Å². The van der Waals surface area contributed by atoms with Crippen molar-refractivity contribution in [3.63, 3.8) is 0 Å². The van der Waals surface area contributed by atoms with Crippen molar-refractivity contribution in [2.24, 2.45) is 0 Å². The molecule has 5 nitrogen and oxygen atoms in total. The fraction of sp³-hybridized carbons (Fsp3) is 0.615. The van der Waals surface area contributed by atoms with E-state index in [-0.39, 0.29) is 5.91 Å². The molecule has 0 bridgehead atoms. The van der Waals surface area contributed by atoms with Gasteiger partial charge in [0.1, 0.15) is 10.9 Å². The minimum absolute atomic E-state index is 0.183. The third-order valence-corrected chi connectivity index (χ3v) is 4.46. The zero-order chi connectivity index (χ0) is 14.0. The van der Waals surface area contributed by atoms with Crippen molar-refractivity contribution in [2.45, 2.75) is 45.6 Å². The maximum absolute atomic E-state index is 12.5. The Hall–Kier alpha value is -1.43. The Bertz CT molecular complexity index is 498. The van der Waals surface area contributed by atoms with Crippen LogP contribution in [0.25, 0.3) is 0 Å². The third kappa shape index (κ3) is 2.94. The number of carbonyl (C=O) groups excluding carboxylic acids is 1. The van der Waals surface area contributed by atoms with E-state index in [9.17, 15) is 14.7 Å². The maximum atomic E-state index is 12.5. The van der Waals surface area contributed by atoms with E-state index < -0.39 is 12.0 Å². The summed E-state index contributed by atoms with van der Waals surface area (Å²) < 4.78 is 0. The molecule has 19 heavy (non-hydrogen) atoms. The third-order valence-electron chi connectivity index (χ3n) is 3.40. The Morgan fingerprint density at radius 3 is 2.63 bits per heavy atom. The molecule has 1 aromatic rings. The van der Waals surface area contributed by atoms with Crippen LogP contribution in [0.2, 0.25) is 0 Å². The molecule has 1 N–H and O–H groups in total. The van der Waals surface area contributed by atoms with Crippen LogP contribution >= 0.6 is 11.3 Å². The molecule has 1 saturated heterocycles. The second-order valence-electron chi connectivity index (χ2n) is 4.85. The van der Waals surface area contributed by atoms with Gasteiger partial charge in [-0.15, -0.1) is 11.3 Å². The standard InChI is InChI=1S/C13H18N2O3S/c1-8-11(19-9(2)14-8)12(16)15-7-5-3-4-6-10(15)13(17)18/h10H,3-7H2,1-2H3,(H,17,18). The summed E-state index contributed by atoms with van der Waals surface area (Å²) >= 11 is 1.34. The Kier molecular flexibility index (Phi) is 4.19. The lowest BCUT2D eigenvalue weighted by Crippen LogP contribution is -2.44. The maximum Gasteiger partial charge on any atom is 0.326 e. The van der Waals surface area contributed by atoms with E-state index in [0.29, 0.717) is 23.5 Å². The van der Waals surface area contributed by atoms with Gasteiger partial charge in [0.25, 0.3) is 5.91 Å². The minimum atomic E-state index is -0.908. The number of hydrogen-bond donors (Lipinski definition) is 1. The lowest BCUT2D eigenvalue weighted by molar-refractivity contribution is -0.142. The topological polar surface area (TPSA) is 70.5 Å². The van der Waals surface area contributed by atoms with Crippen molar-refractivity contribution < 1.29 is 14.7 Å². The summed E-state index contributed by atoms with van der Waals surface area (Å²) in [5.41, 5.74) is 0.695. The molecule has 1 aliphatic rings. The molecule has 0 radical (unpaired) electrons. The molecule has 104 valence electrons. The van der Waals surface area contributed by atoms with E-state index in [1.807, 2.05) is 6.92 Å². The van der Waals surface area contributed by atoms with E-state index in [2.05, 4.69) is 4.98 Å². The lowest BCUT2D eigenvalue weighted by atomic mass is 10.1. The normalized spacial score (nSPS) is 20.1. The van der Waals surface area contributed by atoms with Crippen LogP contribution in [0.5, 0.6) is 0 Å². The molecule has 2 rings (SSSR count). The van der Waals surface area contributed by atoms with Crippen molar-refractivity contribution in [1.29, 1.82) is 0 Å². The zero-order valence-electron chi connectivity index (χ0n) is 11.2. The van der Waals surface area contributed by atoms with Crippen molar-refractivity contribution in [3.8, 4) is 0 Å². The molecule has 0 aliphatic carbocycles. The monoisotopic (exact) mass is 282 g/mol. The Morgan fingerprint density at radius 2 is 2.05 bits per heavy atom. The number of amides is 1. The van der Waals surface area contributed by atoms with Gasteiger partial charge in [-0.3, -0.25) is 4.79 Å². The summed E-state index contributed by atoms with van der Waals surface area (Å²) in [5, 5.41) is 10.1. The molecule has 0 saturated carbocycles. The van der Waals surface area contributed by atoms with Crippen molar-refractivity contribution >= 4 is 23.2 Å². The number of carboxylic acid groups (broad SMARTS) is 1. The smallest absolute Gasteiger partial charge is 0.326 e. The number of thiazole rings is 1. The number of aryl methyl sites for hydroxylation is 2. The first kappa shape index (κ1) is 14.0. The second-order valence-corrected chi connectivity index (χ2v) is 6.05. The van der Waals surface area contributed by atoms with Gasteiger partial charge in [0.15, 0.2) is 0 Å².